The van der Waals surface area contributed by atoms with Crippen LogP contribution in [0.15, 0.2) is 18.2 Å². The first-order valence-electron chi connectivity index (χ1n) is 11.2. The van der Waals surface area contributed by atoms with E-state index in [-0.39, 0.29) is 10.7 Å². The van der Waals surface area contributed by atoms with E-state index in [1.54, 1.807) is 13.8 Å². The lowest BCUT2D eigenvalue weighted by atomic mass is 9.67. The number of anilines is 1. The van der Waals surface area contributed by atoms with Crippen molar-refractivity contribution in [1.82, 2.24) is 0 Å². The number of ether oxygens (including phenoxy) is 1. The standard InChI is InChI=1S/C24H29F3N2O4Si/c1-21(2,3)34(6,7)32-16-11-22(4)17-18(23(16,5)33-22)20(31)29(19(17)30)14-9-8-13(12-28)15(10-14)24(25,26)27/h8-10,16-18H,11H2,1-7H3/t16-,17-,18?,22?,23?/m1/s1. The summed E-state index contributed by atoms with van der Waals surface area (Å²) >= 11 is 0. The predicted molar refractivity (Wildman–Crippen MR) is 120 cm³/mol. The minimum Gasteiger partial charge on any atom is -0.411 e. The van der Waals surface area contributed by atoms with E-state index in [4.69, 9.17) is 14.4 Å². The third-order valence-electron chi connectivity index (χ3n) is 8.19. The van der Waals surface area contributed by atoms with Gasteiger partial charge in [0.05, 0.1) is 46.4 Å². The van der Waals surface area contributed by atoms with Gasteiger partial charge in [0, 0.05) is 6.42 Å². The van der Waals surface area contributed by atoms with Gasteiger partial charge in [-0.05, 0) is 50.2 Å². The van der Waals surface area contributed by atoms with Gasteiger partial charge >= 0.3 is 6.18 Å². The van der Waals surface area contributed by atoms with Gasteiger partial charge in [-0.3, -0.25) is 9.59 Å². The highest BCUT2D eigenvalue weighted by Crippen LogP contribution is 2.62. The van der Waals surface area contributed by atoms with Gasteiger partial charge in [0.15, 0.2) is 8.32 Å². The molecule has 6 nitrogen and oxygen atoms in total. The summed E-state index contributed by atoms with van der Waals surface area (Å²) in [5.74, 6) is -2.85. The Labute approximate surface area is 198 Å². The number of fused-ring (bicyclic) bond motifs is 5. The lowest BCUT2D eigenvalue weighted by Crippen LogP contribution is -2.55. The molecule has 3 unspecified atom stereocenters. The molecule has 2 bridgehead atoms. The summed E-state index contributed by atoms with van der Waals surface area (Å²) in [6.07, 6.45) is -4.79. The molecule has 0 aliphatic carbocycles. The second-order valence-corrected chi connectivity index (χ2v) is 16.2. The largest absolute Gasteiger partial charge is 0.417 e. The van der Waals surface area contributed by atoms with Crippen LogP contribution in [-0.4, -0.2) is 37.4 Å². The number of hydrogen-bond acceptors (Lipinski definition) is 5. The molecule has 4 rings (SSSR count). The molecule has 10 heteroatoms. The normalized spacial score (nSPS) is 33.4. The van der Waals surface area contributed by atoms with Gasteiger partial charge in [-0.25, -0.2) is 4.90 Å². The van der Waals surface area contributed by atoms with E-state index >= 15 is 0 Å². The molecule has 34 heavy (non-hydrogen) atoms. The Morgan fingerprint density at radius 3 is 2.26 bits per heavy atom. The summed E-state index contributed by atoms with van der Waals surface area (Å²) in [5.41, 5.74) is -3.98. The summed E-state index contributed by atoms with van der Waals surface area (Å²) in [6.45, 7) is 14.1. The molecule has 2 amide bonds. The van der Waals surface area contributed by atoms with Gasteiger partial charge in [-0.1, -0.05) is 20.8 Å². The number of benzene rings is 1. The summed E-state index contributed by atoms with van der Waals surface area (Å²) in [4.78, 5) is 27.9. The Kier molecular flexibility index (Phi) is 5.23. The number of halogens is 3. The first kappa shape index (κ1) is 24.9. The molecule has 0 N–H and O–H groups in total. The SMILES string of the molecule is CC12C[C@@H](O[Si](C)(C)C(C)(C)C)C(C)(O1)C1C(=O)N(c3ccc(C#N)c(C(F)(F)F)c3)C(=O)[C@@H]12. The monoisotopic (exact) mass is 494 g/mol. The van der Waals surface area contributed by atoms with Crippen molar-refractivity contribution >= 4 is 25.8 Å². The van der Waals surface area contributed by atoms with E-state index in [1.165, 1.54) is 12.1 Å². The predicted octanol–water partition coefficient (Wildman–Crippen LogP) is 5.02. The fourth-order valence-electron chi connectivity index (χ4n) is 5.45. The average molecular weight is 495 g/mol. The summed E-state index contributed by atoms with van der Waals surface area (Å²) < 4.78 is 53.5. The maximum atomic E-state index is 13.6. The summed E-state index contributed by atoms with van der Waals surface area (Å²) in [6, 6.07) is 4.42. The van der Waals surface area contributed by atoms with Gasteiger partial charge in [-0.2, -0.15) is 18.4 Å². The highest BCUT2D eigenvalue weighted by atomic mass is 28.4. The number of carbonyl (C=O) groups excluding carboxylic acids is 2. The zero-order valence-electron chi connectivity index (χ0n) is 20.3. The highest BCUT2D eigenvalue weighted by Gasteiger charge is 2.76. The molecular formula is C24H29F3N2O4Si. The van der Waals surface area contributed by atoms with Crippen molar-refractivity contribution in [2.75, 3.05) is 4.90 Å². The molecule has 3 heterocycles. The number of amides is 2. The highest BCUT2D eigenvalue weighted by molar-refractivity contribution is 6.74. The van der Waals surface area contributed by atoms with E-state index in [2.05, 4.69) is 33.9 Å². The Balaban J connectivity index is 1.73. The van der Waals surface area contributed by atoms with E-state index in [0.29, 0.717) is 12.5 Å². The Morgan fingerprint density at radius 2 is 1.74 bits per heavy atom. The Bertz CT molecular complexity index is 1120. The quantitative estimate of drug-likeness (QED) is 0.435. The smallest absolute Gasteiger partial charge is 0.411 e. The van der Waals surface area contributed by atoms with Crippen LogP contribution >= 0.6 is 0 Å². The van der Waals surface area contributed by atoms with Crippen LogP contribution in [0.3, 0.4) is 0 Å². The fourth-order valence-corrected chi connectivity index (χ4v) is 6.83. The number of nitrogens with zero attached hydrogens (tertiary/aromatic N) is 2. The van der Waals surface area contributed by atoms with Crippen molar-refractivity contribution in [3.63, 3.8) is 0 Å². The van der Waals surface area contributed by atoms with E-state index in [1.807, 2.05) is 0 Å². The van der Waals surface area contributed by atoms with Gasteiger partial charge in [0.25, 0.3) is 0 Å². The first-order valence-corrected chi connectivity index (χ1v) is 14.2. The summed E-state index contributed by atoms with van der Waals surface area (Å²) in [5, 5.41) is 8.99. The Hall–Kier alpha value is -2.22. The van der Waals surface area contributed by atoms with Gasteiger partial charge in [-0.15, -0.1) is 0 Å². The van der Waals surface area contributed by atoms with Crippen LogP contribution in [0.4, 0.5) is 18.9 Å². The molecule has 1 aromatic rings. The number of imide groups is 1. The van der Waals surface area contributed by atoms with Crippen molar-refractivity contribution < 1.29 is 31.9 Å². The summed E-state index contributed by atoms with van der Waals surface area (Å²) in [7, 11) is -2.24. The lowest BCUT2D eigenvalue weighted by Gasteiger charge is -2.44. The van der Waals surface area contributed by atoms with Crippen LogP contribution in [0.2, 0.25) is 18.1 Å². The lowest BCUT2D eigenvalue weighted by molar-refractivity contribution is -0.138. The molecule has 0 radical (unpaired) electrons. The van der Waals surface area contributed by atoms with Crippen molar-refractivity contribution in [1.29, 1.82) is 5.26 Å². The minimum atomic E-state index is -4.80. The molecule has 0 aromatic heterocycles. The van der Waals surface area contributed by atoms with E-state index in [0.717, 1.165) is 11.0 Å². The molecule has 3 saturated heterocycles. The zero-order chi connectivity index (χ0) is 25.6. The maximum absolute atomic E-state index is 13.6. The third-order valence-corrected chi connectivity index (χ3v) is 12.7. The molecule has 0 saturated carbocycles. The van der Waals surface area contributed by atoms with Crippen LogP contribution in [0, 0.1) is 23.2 Å². The van der Waals surface area contributed by atoms with Crippen molar-refractivity contribution in [3.05, 3.63) is 29.3 Å². The number of rotatable bonds is 3. The number of hydrogen-bond donors (Lipinski definition) is 0. The van der Waals surface area contributed by atoms with E-state index < -0.39 is 66.6 Å². The van der Waals surface area contributed by atoms with Crippen molar-refractivity contribution in [3.8, 4) is 6.07 Å². The topological polar surface area (TPSA) is 79.6 Å². The molecule has 3 aliphatic rings. The molecule has 1 aromatic carbocycles. The average Bonchev–Trinajstić information content (AvgIpc) is 3.20. The number of carbonyl (C=O) groups is 2. The van der Waals surface area contributed by atoms with Crippen molar-refractivity contribution in [2.24, 2.45) is 11.8 Å². The van der Waals surface area contributed by atoms with E-state index in [9.17, 15) is 22.8 Å². The van der Waals surface area contributed by atoms with Crippen LogP contribution in [0.25, 0.3) is 0 Å². The van der Waals surface area contributed by atoms with Crippen LogP contribution < -0.4 is 4.90 Å². The molecular weight excluding hydrogens is 465 g/mol. The van der Waals surface area contributed by atoms with Gasteiger partial charge in [0.1, 0.15) is 5.60 Å². The molecule has 0 spiro atoms. The number of nitriles is 1. The molecule has 3 fully saturated rings. The maximum Gasteiger partial charge on any atom is 0.417 e. The second-order valence-electron chi connectivity index (χ2n) is 11.5. The van der Waals surface area contributed by atoms with Gasteiger partial charge in [0.2, 0.25) is 11.8 Å². The zero-order valence-corrected chi connectivity index (χ0v) is 21.3. The molecule has 5 atom stereocenters. The molecule has 3 aliphatic heterocycles. The second kappa shape index (κ2) is 7.15. The first-order chi connectivity index (χ1) is 15.4. The Morgan fingerprint density at radius 1 is 1.15 bits per heavy atom. The number of alkyl halides is 3. The fraction of sp³-hybridized carbons (Fsp3) is 0.625. The van der Waals surface area contributed by atoms with Crippen LogP contribution in [-0.2, 0) is 24.9 Å². The minimum absolute atomic E-state index is 0.0798. The van der Waals surface area contributed by atoms with Crippen LogP contribution in [0.1, 0.15) is 52.2 Å². The van der Waals surface area contributed by atoms with Crippen molar-refractivity contribution in [2.45, 2.75) is 82.7 Å². The molecule has 184 valence electrons. The van der Waals surface area contributed by atoms with Gasteiger partial charge < -0.3 is 9.16 Å². The third kappa shape index (κ3) is 3.35. The van der Waals surface area contributed by atoms with Crippen LogP contribution in [0.5, 0.6) is 0 Å².